The number of rotatable bonds is 6. The van der Waals surface area contributed by atoms with Crippen LogP contribution in [0.25, 0.3) is 0 Å². The number of halogens is 1. The van der Waals surface area contributed by atoms with Gasteiger partial charge in [0, 0.05) is 20.1 Å². The zero-order chi connectivity index (χ0) is 17.4. The molecule has 2 heterocycles. The van der Waals surface area contributed by atoms with Crippen molar-refractivity contribution in [1.29, 1.82) is 0 Å². The van der Waals surface area contributed by atoms with E-state index in [1.54, 1.807) is 30.3 Å². The standard InChI is InChI=1S/C14H22ClN5O2S/c1-9-13(15)11(3)20(18-9)8-6-7-16-23(21,22)14-10(2)17-19(5)12(14)4/h16H,6-8H2,1-5H3. The third-order valence-electron chi connectivity index (χ3n) is 3.84. The van der Waals surface area contributed by atoms with Crippen LogP contribution >= 0.6 is 11.6 Å². The molecule has 0 aliphatic rings. The van der Waals surface area contributed by atoms with Crippen molar-refractivity contribution in [3.05, 3.63) is 27.8 Å². The molecule has 0 radical (unpaired) electrons. The second-order valence-electron chi connectivity index (χ2n) is 5.58. The molecule has 7 nitrogen and oxygen atoms in total. The number of nitrogens with zero attached hydrogens (tertiary/aromatic N) is 4. The number of hydrogen-bond acceptors (Lipinski definition) is 4. The highest BCUT2D eigenvalue weighted by molar-refractivity contribution is 7.89. The van der Waals surface area contributed by atoms with E-state index in [1.165, 1.54) is 0 Å². The molecule has 0 amide bonds. The third kappa shape index (κ3) is 3.59. The lowest BCUT2D eigenvalue weighted by Gasteiger charge is -2.08. The van der Waals surface area contributed by atoms with E-state index in [0.29, 0.717) is 35.9 Å². The van der Waals surface area contributed by atoms with Crippen LogP contribution in [0, 0.1) is 27.7 Å². The minimum Gasteiger partial charge on any atom is -0.271 e. The second-order valence-corrected chi connectivity index (χ2v) is 7.66. The fraction of sp³-hybridized carbons (Fsp3) is 0.571. The Hall–Kier alpha value is -1.38. The first kappa shape index (κ1) is 18.0. The molecule has 0 unspecified atom stereocenters. The van der Waals surface area contributed by atoms with Gasteiger partial charge in [-0.3, -0.25) is 9.36 Å². The topological polar surface area (TPSA) is 81.8 Å². The molecule has 0 fully saturated rings. The van der Waals surface area contributed by atoms with E-state index in [4.69, 9.17) is 11.6 Å². The lowest BCUT2D eigenvalue weighted by Crippen LogP contribution is -2.26. The average molecular weight is 360 g/mol. The molecule has 23 heavy (non-hydrogen) atoms. The van der Waals surface area contributed by atoms with Crippen LogP contribution in [0.4, 0.5) is 0 Å². The lowest BCUT2D eigenvalue weighted by atomic mass is 10.4. The average Bonchev–Trinajstić information content (AvgIpc) is 2.86. The van der Waals surface area contributed by atoms with Crippen molar-refractivity contribution in [3.63, 3.8) is 0 Å². The van der Waals surface area contributed by atoms with Gasteiger partial charge in [-0.25, -0.2) is 13.1 Å². The van der Waals surface area contributed by atoms with Gasteiger partial charge >= 0.3 is 0 Å². The van der Waals surface area contributed by atoms with E-state index in [2.05, 4.69) is 14.9 Å². The molecule has 0 saturated heterocycles. The maximum absolute atomic E-state index is 12.4. The number of aryl methyl sites for hydroxylation is 4. The molecule has 0 aliphatic heterocycles. The molecular weight excluding hydrogens is 338 g/mol. The summed E-state index contributed by atoms with van der Waals surface area (Å²) in [7, 11) is -1.83. The summed E-state index contributed by atoms with van der Waals surface area (Å²) in [4.78, 5) is 0.258. The van der Waals surface area contributed by atoms with Gasteiger partial charge in [-0.15, -0.1) is 0 Å². The summed E-state index contributed by atoms with van der Waals surface area (Å²) >= 11 is 6.10. The molecule has 2 aromatic heterocycles. The largest absolute Gasteiger partial charge is 0.271 e. The summed E-state index contributed by atoms with van der Waals surface area (Å²) < 4.78 is 30.8. The summed E-state index contributed by atoms with van der Waals surface area (Å²) in [6.45, 7) is 8.11. The number of nitrogens with one attached hydrogen (secondary N) is 1. The van der Waals surface area contributed by atoms with Crippen LogP contribution < -0.4 is 4.72 Å². The lowest BCUT2D eigenvalue weighted by molar-refractivity contribution is 0.543. The summed E-state index contributed by atoms with van der Waals surface area (Å²) in [5.74, 6) is 0. The van der Waals surface area contributed by atoms with Crippen LogP contribution in [0.15, 0.2) is 4.90 Å². The van der Waals surface area contributed by atoms with Gasteiger partial charge in [0.15, 0.2) is 0 Å². The van der Waals surface area contributed by atoms with Gasteiger partial charge in [0.1, 0.15) is 4.90 Å². The van der Waals surface area contributed by atoms with Crippen molar-refractivity contribution < 1.29 is 8.42 Å². The van der Waals surface area contributed by atoms with Crippen LogP contribution in [0.5, 0.6) is 0 Å². The molecule has 0 aromatic carbocycles. The van der Waals surface area contributed by atoms with Crippen LogP contribution in [0.2, 0.25) is 5.02 Å². The van der Waals surface area contributed by atoms with Crippen molar-refractivity contribution in [1.82, 2.24) is 24.3 Å². The smallest absolute Gasteiger partial charge is 0.244 e. The van der Waals surface area contributed by atoms with Crippen LogP contribution in [0.3, 0.4) is 0 Å². The molecule has 2 aromatic rings. The van der Waals surface area contributed by atoms with Gasteiger partial charge in [0.05, 0.1) is 27.8 Å². The van der Waals surface area contributed by atoms with Crippen molar-refractivity contribution in [2.75, 3.05) is 6.54 Å². The van der Waals surface area contributed by atoms with Crippen molar-refractivity contribution in [2.45, 2.75) is 45.6 Å². The zero-order valence-corrected chi connectivity index (χ0v) is 15.6. The van der Waals surface area contributed by atoms with Gasteiger partial charge in [-0.1, -0.05) is 11.6 Å². The maximum atomic E-state index is 12.4. The van der Waals surface area contributed by atoms with Gasteiger partial charge in [-0.2, -0.15) is 10.2 Å². The number of aromatic nitrogens is 4. The monoisotopic (exact) mass is 359 g/mol. The van der Waals surface area contributed by atoms with E-state index >= 15 is 0 Å². The predicted octanol–water partition coefficient (Wildman–Crippen LogP) is 1.87. The van der Waals surface area contributed by atoms with Crippen molar-refractivity contribution in [2.24, 2.45) is 7.05 Å². The minimum absolute atomic E-state index is 0.258. The molecular formula is C14H22ClN5O2S. The van der Waals surface area contributed by atoms with Gasteiger partial charge in [-0.05, 0) is 34.1 Å². The Labute approximate surface area is 141 Å². The van der Waals surface area contributed by atoms with Crippen molar-refractivity contribution in [3.8, 4) is 0 Å². The summed E-state index contributed by atoms with van der Waals surface area (Å²) in [6.07, 6.45) is 0.621. The van der Waals surface area contributed by atoms with Crippen LogP contribution in [0.1, 0.15) is 29.2 Å². The molecule has 0 bridgehead atoms. The Kier molecular flexibility index (Phi) is 5.17. The highest BCUT2D eigenvalue weighted by Gasteiger charge is 2.23. The fourth-order valence-electron chi connectivity index (χ4n) is 2.54. The molecule has 128 valence electrons. The first-order valence-electron chi connectivity index (χ1n) is 7.34. The molecule has 0 saturated carbocycles. The quantitative estimate of drug-likeness (QED) is 0.798. The first-order valence-corrected chi connectivity index (χ1v) is 9.20. The first-order chi connectivity index (χ1) is 10.6. The Morgan fingerprint density at radius 1 is 1.09 bits per heavy atom. The highest BCUT2D eigenvalue weighted by atomic mass is 35.5. The number of hydrogen-bond donors (Lipinski definition) is 1. The predicted molar refractivity (Wildman–Crippen MR) is 89.2 cm³/mol. The van der Waals surface area contributed by atoms with Crippen molar-refractivity contribution >= 4 is 21.6 Å². The van der Waals surface area contributed by atoms with E-state index in [9.17, 15) is 8.42 Å². The SMILES string of the molecule is Cc1nn(CCCNS(=O)(=O)c2c(C)nn(C)c2C)c(C)c1Cl. The molecule has 0 spiro atoms. The van der Waals surface area contributed by atoms with E-state index in [-0.39, 0.29) is 4.90 Å². The number of sulfonamides is 1. The molecule has 0 aliphatic carbocycles. The Balaban J connectivity index is 1.99. The molecule has 1 N–H and O–H groups in total. The Morgan fingerprint density at radius 2 is 1.74 bits per heavy atom. The van der Waals surface area contributed by atoms with Crippen LogP contribution in [-0.4, -0.2) is 34.5 Å². The second kappa shape index (κ2) is 6.62. The summed E-state index contributed by atoms with van der Waals surface area (Å²) in [5.41, 5.74) is 2.81. The zero-order valence-electron chi connectivity index (χ0n) is 14.0. The third-order valence-corrected chi connectivity index (χ3v) is 6.10. The summed E-state index contributed by atoms with van der Waals surface area (Å²) in [5, 5.41) is 9.13. The van der Waals surface area contributed by atoms with E-state index < -0.39 is 10.0 Å². The van der Waals surface area contributed by atoms with Crippen LogP contribution in [-0.2, 0) is 23.6 Å². The Morgan fingerprint density at radius 3 is 2.22 bits per heavy atom. The van der Waals surface area contributed by atoms with E-state index in [1.807, 2.05) is 13.8 Å². The molecule has 9 heteroatoms. The van der Waals surface area contributed by atoms with Gasteiger partial charge < -0.3 is 0 Å². The minimum atomic E-state index is -3.56. The summed E-state index contributed by atoms with van der Waals surface area (Å²) in [6, 6.07) is 0. The normalized spacial score (nSPS) is 12.1. The van der Waals surface area contributed by atoms with Gasteiger partial charge in [0.25, 0.3) is 0 Å². The maximum Gasteiger partial charge on any atom is 0.244 e. The Bertz CT molecular complexity index is 823. The molecule has 2 rings (SSSR count). The molecule has 0 atom stereocenters. The van der Waals surface area contributed by atoms with Gasteiger partial charge in [0.2, 0.25) is 10.0 Å². The van der Waals surface area contributed by atoms with E-state index in [0.717, 1.165) is 11.4 Å². The highest BCUT2D eigenvalue weighted by Crippen LogP contribution is 2.20. The fourth-order valence-corrected chi connectivity index (χ4v) is 4.19.